The molecule has 43 heavy (non-hydrogen) atoms. The summed E-state index contributed by atoms with van der Waals surface area (Å²) in [6.45, 7) is 12.5. The first-order chi connectivity index (χ1) is 20.4. The van der Waals surface area contributed by atoms with Gasteiger partial charge in [-0.15, -0.1) is 0 Å². The van der Waals surface area contributed by atoms with Crippen LogP contribution in [0.2, 0.25) is 5.02 Å². The van der Waals surface area contributed by atoms with Gasteiger partial charge in [0.15, 0.2) is 5.60 Å². The Morgan fingerprint density at radius 2 is 1.93 bits per heavy atom. The van der Waals surface area contributed by atoms with E-state index in [9.17, 15) is 9.90 Å². The molecule has 7 nitrogen and oxygen atoms in total. The number of halogens is 1. The molecule has 0 amide bonds. The van der Waals surface area contributed by atoms with Crippen molar-refractivity contribution in [3.63, 3.8) is 0 Å². The number of carbonyl (C=O) groups excluding carboxylic acids is 1. The van der Waals surface area contributed by atoms with E-state index < -0.39 is 17.2 Å². The van der Waals surface area contributed by atoms with Gasteiger partial charge >= 0.3 is 5.97 Å². The highest BCUT2D eigenvalue weighted by atomic mass is 35.5. The van der Waals surface area contributed by atoms with Gasteiger partial charge in [-0.2, -0.15) is 0 Å². The zero-order chi connectivity index (χ0) is 30.8. The second-order valence-corrected chi connectivity index (χ2v) is 12.9. The molecule has 0 spiro atoms. The molecule has 8 heteroatoms. The number of fused-ring (bicyclic) bond motifs is 2. The van der Waals surface area contributed by atoms with Crippen LogP contribution >= 0.6 is 11.6 Å². The van der Waals surface area contributed by atoms with E-state index in [2.05, 4.69) is 35.9 Å². The summed E-state index contributed by atoms with van der Waals surface area (Å²) < 4.78 is 17.5. The molecule has 1 saturated heterocycles. The summed E-state index contributed by atoms with van der Waals surface area (Å²) in [7, 11) is 0. The maximum atomic E-state index is 12.5. The van der Waals surface area contributed by atoms with Gasteiger partial charge in [-0.25, -0.2) is 4.79 Å². The molecule has 3 heterocycles. The van der Waals surface area contributed by atoms with Crippen LogP contribution in [0.5, 0.6) is 11.5 Å². The molecule has 1 unspecified atom stereocenters. The number of aromatic nitrogens is 1. The fraction of sp³-hybridized carbons (Fsp3) is 0.429. The number of hydrogen-bond donors (Lipinski definition) is 1. The normalized spacial score (nSPS) is 20.9. The number of esters is 1. The molecule has 0 bridgehead atoms. The fourth-order valence-corrected chi connectivity index (χ4v) is 6.26. The molecule has 228 valence electrons. The molecule has 3 aromatic rings. The van der Waals surface area contributed by atoms with Crippen molar-refractivity contribution in [1.29, 1.82) is 0 Å². The standard InChI is InChI=1S/C35H41ClN2O5/c1-6-41-32(39)34(4,5)43-26-15-16-31-29(21-26)27(28-9-7-18-37-30(28)22-42-31)10-8-19-38-20-17-35(40,33(2,3)23-38)24-11-13-25(36)14-12-24/h7,9-16,18,21,40H,6,8,17,19-20,22-23H2,1-5H3/b27-10+. The number of rotatable bonds is 8. The minimum atomic E-state index is -1.14. The van der Waals surface area contributed by atoms with Crippen molar-refractivity contribution < 1.29 is 24.1 Å². The minimum Gasteiger partial charge on any atom is -0.487 e. The Bertz CT molecular complexity index is 1500. The molecular weight excluding hydrogens is 564 g/mol. The molecule has 2 aromatic carbocycles. The number of piperidine rings is 1. The Balaban J connectivity index is 1.38. The predicted molar refractivity (Wildman–Crippen MR) is 168 cm³/mol. The van der Waals surface area contributed by atoms with Gasteiger partial charge in [0.25, 0.3) is 0 Å². The maximum absolute atomic E-state index is 12.5. The van der Waals surface area contributed by atoms with E-state index >= 15 is 0 Å². The van der Waals surface area contributed by atoms with Crippen LogP contribution in [0.3, 0.4) is 0 Å². The third-order valence-electron chi connectivity index (χ3n) is 8.57. The molecular formula is C35H41ClN2O5. The van der Waals surface area contributed by atoms with Gasteiger partial charge < -0.3 is 24.2 Å². The van der Waals surface area contributed by atoms with Crippen molar-refractivity contribution >= 4 is 23.1 Å². The van der Waals surface area contributed by atoms with Gasteiger partial charge in [0.2, 0.25) is 0 Å². The van der Waals surface area contributed by atoms with E-state index in [1.54, 1.807) is 27.0 Å². The highest BCUT2D eigenvalue weighted by molar-refractivity contribution is 6.30. The summed E-state index contributed by atoms with van der Waals surface area (Å²) >= 11 is 6.11. The van der Waals surface area contributed by atoms with Crippen molar-refractivity contribution in [2.24, 2.45) is 5.41 Å². The lowest BCUT2D eigenvalue weighted by molar-refractivity contribution is -0.158. The van der Waals surface area contributed by atoms with Gasteiger partial charge in [-0.05, 0) is 81.1 Å². The zero-order valence-electron chi connectivity index (χ0n) is 25.7. The molecule has 5 rings (SSSR count). The Labute approximate surface area is 259 Å². The van der Waals surface area contributed by atoms with E-state index in [-0.39, 0.29) is 12.0 Å². The van der Waals surface area contributed by atoms with E-state index in [0.29, 0.717) is 23.8 Å². The number of pyridine rings is 1. The van der Waals surface area contributed by atoms with Crippen molar-refractivity contribution in [1.82, 2.24) is 9.88 Å². The smallest absolute Gasteiger partial charge is 0.349 e. The molecule has 0 saturated carbocycles. The number of hydrogen-bond acceptors (Lipinski definition) is 7. The third-order valence-corrected chi connectivity index (χ3v) is 8.82. The van der Waals surface area contributed by atoms with E-state index in [1.165, 1.54) is 0 Å². The zero-order valence-corrected chi connectivity index (χ0v) is 26.4. The summed E-state index contributed by atoms with van der Waals surface area (Å²) in [4.78, 5) is 19.5. The summed E-state index contributed by atoms with van der Waals surface area (Å²) in [5.41, 5.74) is 2.27. The van der Waals surface area contributed by atoms with Crippen LogP contribution in [-0.4, -0.2) is 52.8 Å². The fourth-order valence-electron chi connectivity index (χ4n) is 6.13. The van der Waals surface area contributed by atoms with Gasteiger partial charge in [0.05, 0.1) is 17.9 Å². The average molecular weight is 605 g/mol. The first-order valence-corrected chi connectivity index (χ1v) is 15.3. The summed E-state index contributed by atoms with van der Waals surface area (Å²) in [5, 5.41) is 12.5. The number of aliphatic hydroxyl groups is 1. The molecule has 0 radical (unpaired) electrons. The van der Waals surface area contributed by atoms with Crippen molar-refractivity contribution in [2.75, 3.05) is 26.2 Å². The monoisotopic (exact) mass is 604 g/mol. The number of benzene rings is 2. The lowest BCUT2D eigenvalue weighted by Gasteiger charge is -2.50. The lowest BCUT2D eigenvalue weighted by atomic mass is 9.66. The number of likely N-dealkylation sites (tertiary alicyclic amines) is 1. The number of ether oxygens (including phenoxy) is 3. The van der Waals surface area contributed by atoms with E-state index in [1.807, 2.05) is 48.5 Å². The van der Waals surface area contributed by atoms with E-state index in [0.717, 1.165) is 59.8 Å². The van der Waals surface area contributed by atoms with Gasteiger partial charge in [-0.3, -0.25) is 4.98 Å². The Morgan fingerprint density at radius 1 is 1.16 bits per heavy atom. The first kappa shape index (κ1) is 31.0. The highest BCUT2D eigenvalue weighted by Crippen LogP contribution is 2.46. The van der Waals surface area contributed by atoms with Crippen LogP contribution in [0.15, 0.2) is 66.9 Å². The molecule has 2 aliphatic rings. The SMILES string of the molecule is CCOC(=O)C(C)(C)Oc1ccc2c(c1)/C(=C/CCN1CCC(O)(c3ccc(Cl)cc3)C(C)(C)C1)c1cccnc1CO2. The topological polar surface area (TPSA) is 81.1 Å². The van der Waals surface area contributed by atoms with Crippen molar-refractivity contribution in [3.8, 4) is 11.5 Å². The summed E-state index contributed by atoms with van der Waals surface area (Å²) in [6.07, 6.45) is 5.45. The van der Waals surface area contributed by atoms with E-state index in [4.69, 9.17) is 25.8 Å². The molecule has 2 aliphatic heterocycles. The number of carbonyl (C=O) groups is 1. The molecule has 1 N–H and O–H groups in total. The number of nitrogens with zero attached hydrogens (tertiary/aromatic N) is 2. The van der Waals surface area contributed by atoms with Crippen LogP contribution in [-0.2, 0) is 21.7 Å². The quantitative estimate of drug-likeness (QED) is 0.284. The third kappa shape index (κ3) is 6.44. The van der Waals surface area contributed by atoms with Gasteiger partial charge in [0, 0.05) is 47.4 Å². The van der Waals surface area contributed by atoms with Crippen LogP contribution < -0.4 is 9.47 Å². The van der Waals surface area contributed by atoms with Crippen LogP contribution in [0.25, 0.3) is 5.57 Å². The molecule has 0 aliphatic carbocycles. The molecule has 1 fully saturated rings. The minimum absolute atomic E-state index is 0.287. The Hall–Kier alpha value is -3.39. The van der Waals surface area contributed by atoms with Crippen molar-refractivity contribution in [3.05, 3.63) is 94.3 Å². The molecule has 1 aromatic heterocycles. The maximum Gasteiger partial charge on any atom is 0.349 e. The predicted octanol–water partition coefficient (Wildman–Crippen LogP) is 6.79. The second kappa shape index (κ2) is 12.3. The lowest BCUT2D eigenvalue weighted by Crippen LogP contribution is -2.55. The highest BCUT2D eigenvalue weighted by Gasteiger charge is 2.48. The second-order valence-electron chi connectivity index (χ2n) is 12.5. The van der Waals surface area contributed by atoms with Gasteiger partial charge in [-0.1, -0.05) is 49.7 Å². The van der Waals surface area contributed by atoms with Gasteiger partial charge in [0.1, 0.15) is 18.1 Å². The summed E-state index contributed by atoms with van der Waals surface area (Å²) in [6, 6.07) is 17.2. The summed E-state index contributed by atoms with van der Waals surface area (Å²) in [5.74, 6) is 0.870. The van der Waals surface area contributed by atoms with Crippen LogP contribution in [0, 0.1) is 5.41 Å². The van der Waals surface area contributed by atoms with Crippen LogP contribution in [0.1, 0.15) is 69.8 Å². The largest absolute Gasteiger partial charge is 0.487 e. The Morgan fingerprint density at radius 3 is 2.65 bits per heavy atom. The molecule has 1 atom stereocenters. The average Bonchev–Trinajstić information content (AvgIpc) is 3.12. The Kier molecular flexibility index (Phi) is 8.89. The van der Waals surface area contributed by atoms with Crippen molar-refractivity contribution in [2.45, 2.75) is 65.3 Å². The van der Waals surface area contributed by atoms with Crippen LogP contribution in [0.4, 0.5) is 0 Å². The first-order valence-electron chi connectivity index (χ1n) is 14.9.